The van der Waals surface area contributed by atoms with Crippen LogP contribution >= 0.6 is 11.6 Å². The standard InChI is InChI=1S/C9H10ClN3O/c1-3-5-13(4-2)8-7(10)9(14)12-6-11-8/h1,6H,4-5H2,2H3,(H,11,12,14). The molecule has 1 aromatic heterocycles. The second-order valence-electron chi connectivity index (χ2n) is 2.59. The Labute approximate surface area is 86.9 Å². The van der Waals surface area contributed by atoms with Crippen molar-refractivity contribution >= 4 is 17.4 Å². The van der Waals surface area contributed by atoms with Gasteiger partial charge in [0.25, 0.3) is 5.56 Å². The summed E-state index contributed by atoms with van der Waals surface area (Å²) in [6.45, 7) is 2.95. The van der Waals surface area contributed by atoms with Gasteiger partial charge in [0, 0.05) is 6.54 Å². The SMILES string of the molecule is C#CCN(CC)c1nc[nH]c(=O)c1Cl. The molecule has 0 fully saturated rings. The van der Waals surface area contributed by atoms with Crippen molar-refractivity contribution in [1.82, 2.24) is 9.97 Å². The van der Waals surface area contributed by atoms with E-state index in [0.29, 0.717) is 18.9 Å². The highest BCUT2D eigenvalue weighted by Crippen LogP contribution is 2.17. The summed E-state index contributed by atoms with van der Waals surface area (Å²) in [5, 5.41) is 0.0737. The van der Waals surface area contributed by atoms with Crippen LogP contribution in [0.5, 0.6) is 0 Å². The van der Waals surface area contributed by atoms with Gasteiger partial charge in [0.1, 0.15) is 5.02 Å². The number of rotatable bonds is 3. The summed E-state index contributed by atoms with van der Waals surface area (Å²) < 4.78 is 0. The zero-order chi connectivity index (χ0) is 10.6. The van der Waals surface area contributed by atoms with Crippen LogP contribution in [-0.4, -0.2) is 23.1 Å². The number of hydrogen-bond acceptors (Lipinski definition) is 3. The van der Waals surface area contributed by atoms with Crippen molar-refractivity contribution in [3.63, 3.8) is 0 Å². The Balaban J connectivity index is 3.11. The first-order chi connectivity index (χ1) is 6.70. The molecule has 4 nitrogen and oxygen atoms in total. The fourth-order valence-corrected chi connectivity index (χ4v) is 1.26. The zero-order valence-electron chi connectivity index (χ0n) is 7.75. The molecule has 0 atom stereocenters. The predicted molar refractivity (Wildman–Crippen MR) is 56.6 cm³/mol. The van der Waals surface area contributed by atoms with E-state index in [9.17, 15) is 4.79 Å². The van der Waals surface area contributed by atoms with Crippen molar-refractivity contribution in [2.24, 2.45) is 0 Å². The predicted octanol–water partition coefficient (Wildman–Crippen LogP) is 0.883. The molecule has 5 heteroatoms. The second-order valence-corrected chi connectivity index (χ2v) is 2.97. The van der Waals surface area contributed by atoms with Gasteiger partial charge >= 0.3 is 0 Å². The summed E-state index contributed by atoms with van der Waals surface area (Å²) in [4.78, 5) is 19.3. The van der Waals surface area contributed by atoms with Gasteiger partial charge in [-0.3, -0.25) is 4.79 Å². The minimum atomic E-state index is -0.355. The summed E-state index contributed by atoms with van der Waals surface area (Å²) in [6, 6.07) is 0. The molecule has 74 valence electrons. The molecule has 0 saturated heterocycles. The third kappa shape index (κ3) is 2.06. The van der Waals surface area contributed by atoms with Gasteiger partial charge in [-0.25, -0.2) is 4.98 Å². The highest BCUT2D eigenvalue weighted by molar-refractivity contribution is 6.32. The van der Waals surface area contributed by atoms with Crippen molar-refractivity contribution in [3.05, 3.63) is 21.7 Å². The summed E-state index contributed by atoms with van der Waals surface area (Å²) in [5.41, 5.74) is -0.355. The number of anilines is 1. The van der Waals surface area contributed by atoms with Crippen molar-refractivity contribution in [1.29, 1.82) is 0 Å². The Morgan fingerprint density at radius 1 is 1.79 bits per heavy atom. The lowest BCUT2D eigenvalue weighted by Gasteiger charge is -2.19. The summed E-state index contributed by atoms with van der Waals surface area (Å²) in [6.07, 6.45) is 6.49. The first-order valence-electron chi connectivity index (χ1n) is 4.12. The smallest absolute Gasteiger partial charge is 0.271 e. The Bertz CT molecular complexity index is 407. The quantitative estimate of drug-likeness (QED) is 0.756. The van der Waals surface area contributed by atoms with Crippen LogP contribution in [0.1, 0.15) is 6.92 Å². The van der Waals surface area contributed by atoms with Gasteiger partial charge in [-0.1, -0.05) is 17.5 Å². The topological polar surface area (TPSA) is 49.0 Å². The zero-order valence-corrected chi connectivity index (χ0v) is 8.51. The maximum atomic E-state index is 11.2. The molecular formula is C9H10ClN3O. The first kappa shape index (κ1) is 10.6. The Morgan fingerprint density at radius 2 is 2.50 bits per heavy atom. The molecule has 0 unspecified atom stereocenters. The molecule has 0 aliphatic heterocycles. The third-order valence-corrected chi connectivity index (χ3v) is 2.08. The van der Waals surface area contributed by atoms with Crippen LogP contribution in [0.25, 0.3) is 0 Å². The molecule has 0 aromatic carbocycles. The number of H-pyrrole nitrogens is 1. The lowest BCUT2D eigenvalue weighted by atomic mass is 10.4. The van der Waals surface area contributed by atoms with Crippen molar-refractivity contribution in [2.45, 2.75) is 6.92 Å². The summed E-state index contributed by atoms with van der Waals surface area (Å²) in [7, 11) is 0. The molecule has 1 aromatic rings. The molecule has 14 heavy (non-hydrogen) atoms. The number of aromatic amines is 1. The monoisotopic (exact) mass is 211 g/mol. The van der Waals surface area contributed by atoms with Gasteiger partial charge in [0.05, 0.1) is 12.9 Å². The lowest BCUT2D eigenvalue weighted by Crippen LogP contribution is -2.26. The van der Waals surface area contributed by atoms with Crippen LogP contribution in [0.3, 0.4) is 0 Å². The molecular weight excluding hydrogens is 202 g/mol. The Morgan fingerprint density at radius 3 is 3.07 bits per heavy atom. The highest BCUT2D eigenvalue weighted by Gasteiger charge is 2.11. The van der Waals surface area contributed by atoms with Gasteiger partial charge in [0.2, 0.25) is 0 Å². The number of terminal acetylenes is 1. The van der Waals surface area contributed by atoms with Crippen LogP contribution in [0, 0.1) is 12.3 Å². The molecule has 0 radical (unpaired) electrons. The highest BCUT2D eigenvalue weighted by atomic mass is 35.5. The average molecular weight is 212 g/mol. The van der Waals surface area contributed by atoms with Crippen molar-refractivity contribution in [2.75, 3.05) is 18.0 Å². The lowest BCUT2D eigenvalue weighted by molar-refractivity contribution is 0.882. The van der Waals surface area contributed by atoms with E-state index in [2.05, 4.69) is 15.9 Å². The first-order valence-corrected chi connectivity index (χ1v) is 4.50. The molecule has 1 N–H and O–H groups in total. The van der Waals surface area contributed by atoms with Gasteiger partial charge in [-0.2, -0.15) is 0 Å². The van der Waals surface area contributed by atoms with E-state index in [-0.39, 0.29) is 10.6 Å². The number of nitrogens with zero attached hydrogens (tertiary/aromatic N) is 2. The molecule has 0 amide bonds. The van der Waals surface area contributed by atoms with Gasteiger partial charge in [-0.05, 0) is 6.92 Å². The summed E-state index contributed by atoms with van der Waals surface area (Å²) >= 11 is 5.79. The van der Waals surface area contributed by atoms with E-state index in [1.165, 1.54) is 6.33 Å². The maximum Gasteiger partial charge on any atom is 0.271 e. The average Bonchev–Trinajstić information content (AvgIpc) is 2.19. The van der Waals surface area contributed by atoms with Gasteiger partial charge < -0.3 is 9.88 Å². The summed E-state index contributed by atoms with van der Waals surface area (Å²) in [5.74, 6) is 2.91. The van der Waals surface area contributed by atoms with E-state index < -0.39 is 0 Å². The molecule has 0 saturated carbocycles. The van der Waals surface area contributed by atoms with E-state index in [4.69, 9.17) is 18.0 Å². The maximum absolute atomic E-state index is 11.2. The van der Waals surface area contributed by atoms with Crippen LogP contribution in [-0.2, 0) is 0 Å². The Kier molecular flexibility index (Phi) is 3.55. The Hall–Kier alpha value is -1.47. The van der Waals surface area contributed by atoms with Crippen molar-refractivity contribution < 1.29 is 0 Å². The van der Waals surface area contributed by atoms with Crippen LogP contribution in [0.15, 0.2) is 11.1 Å². The van der Waals surface area contributed by atoms with E-state index >= 15 is 0 Å². The molecule has 1 rings (SSSR count). The second kappa shape index (κ2) is 4.68. The fourth-order valence-electron chi connectivity index (χ4n) is 1.04. The minimum absolute atomic E-state index is 0.0737. The third-order valence-electron chi connectivity index (χ3n) is 1.74. The van der Waals surface area contributed by atoms with Gasteiger partial charge in [-0.15, -0.1) is 6.42 Å². The number of hydrogen-bond donors (Lipinski definition) is 1. The minimum Gasteiger partial charge on any atom is -0.344 e. The van der Waals surface area contributed by atoms with Crippen LogP contribution in [0.4, 0.5) is 5.82 Å². The van der Waals surface area contributed by atoms with Crippen LogP contribution in [0.2, 0.25) is 5.02 Å². The number of nitrogens with one attached hydrogen (secondary N) is 1. The molecule has 0 aliphatic carbocycles. The van der Waals surface area contributed by atoms with Gasteiger partial charge in [0.15, 0.2) is 5.82 Å². The largest absolute Gasteiger partial charge is 0.344 e. The van der Waals surface area contributed by atoms with E-state index in [0.717, 1.165) is 0 Å². The fraction of sp³-hybridized carbons (Fsp3) is 0.333. The van der Waals surface area contributed by atoms with E-state index in [1.807, 2.05) is 6.92 Å². The number of aromatic nitrogens is 2. The molecule has 1 heterocycles. The molecule has 0 aliphatic rings. The van der Waals surface area contributed by atoms with Crippen molar-refractivity contribution in [3.8, 4) is 12.3 Å². The van der Waals surface area contributed by atoms with Crippen LogP contribution < -0.4 is 10.5 Å². The van der Waals surface area contributed by atoms with E-state index in [1.54, 1.807) is 4.90 Å². The molecule has 0 bridgehead atoms. The molecule has 0 spiro atoms. The normalized spacial score (nSPS) is 9.50. The number of halogens is 1.